The Balaban J connectivity index is 2.89. The van der Waals surface area contributed by atoms with Crippen LogP contribution in [0.1, 0.15) is 18.6 Å². The number of nitrogens with two attached hydrogens (primary N) is 1. The number of aliphatic hydroxyl groups excluding tert-OH is 2. The van der Waals surface area contributed by atoms with Crippen LogP contribution in [0.2, 0.25) is 10.0 Å². The summed E-state index contributed by atoms with van der Waals surface area (Å²) in [5, 5.41) is 20.1. The zero-order valence-electron chi connectivity index (χ0n) is 9.56. The molecule has 1 aromatic rings. The Kier molecular flexibility index (Phi) is 5.75. The number of anilines is 1. The van der Waals surface area contributed by atoms with Gasteiger partial charge in [0.15, 0.2) is 5.12 Å². The molecule has 0 spiro atoms. The zero-order chi connectivity index (χ0) is 13.9. The molecule has 0 amide bonds. The first kappa shape index (κ1) is 15.6. The van der Waals surface area contributed by atoms with Crippen LogP contribution in [-0.4, -0.2) is 27.2 Å². The lowest BCUT2D eigenvalue weighted by Gasteiger charge is -2.19. The summed E-state index contributed by atoms with van der Waals surface area (Å²) in [6.07, 6.45) is -2.37. The third-order valence-corrected chi connectivity index (χ3v) is 3.71. The third-order valence-electron chi connectivity index (χ3n) is 2.27. The van der Waals surface area contributed by atoms with Crippen LogP contribution in [0.4, 0.5) is 5.69 Å². The van der Waals surface area contributed by atoms with E-state index in [0.29, 0.717) is 5.02 Å². The summed E-state index contributed by atoms with van der Waals surface area (Å²) >= 11 is 12.6. The number of halogens is 2. The number of carbonyl (C=O) groups excluding carboxylic acids is 1. The molecule has 100 valence electrons. The van der Waals surface area contributed by atoms with E-state index in [4.69, 9.17) is 28.9 Å². The van der Waals surface area contributed by atoms with E-state index in [9.17, 15) is 15.0 Å². The monoisotopic (exact) mass is 309 g/mol. The lowest BCUT2D eigenvalue weighted by atomic mass is 10.0. The molecule has 1 aromatic carbocycles. The van der Waals surface area contributed by atoms with Crippen molar-refractivity contribution < 1.29 is 15.0 Å². The fourth-order valence-corrected chi connectivity index (χ4v) is 2.45. The summed E-state index contributed by atoms with van der Waals surface area (Å²) in [6, 6.07) is 2.89. The van der Waals surface area contributed by atoms with E-state index >= 15 is 0 Å². The number of aliphatic hydroxyl groups is 2. The SMILES string of the molecule is CC(=O)SCC(O)C(O)c1cc(Cl)cc(Cl)c1N. The van der Waals surface area contributed by atoms with Gasteiger partial charge in [-0.25, -0.2) is 0 Å². The average Bonchev–Trinajstić information content (AvgIpc) is 2.29. The number of carbonyl (C=O) groups is 1. The number of benzene rings is 1. The van der Waals surface area contributed by atoms with Gasteiger partial charge < -0.3 is 15.9 Å². The van der Waals surface area contributed by atoms with Crippen LogP contribution in [-0.2, 0) is 4.79 Å². The maximum Gasteiger partial charge on any atom is 0.185 e. The van der Waals surface area contributed by atoms with Crippen molar-refractivity contribution in [2.24, 2.45) is 0 Å². The molecule has 7 heteroatoms. The lowest BCUT2D eigenvalue weighted by Crippen LogP contribution is -2.22. The van der Waals surface area contributed by atoms with Crippen LogP contribution in [0.15, 0.2) is 12.1 Å². The Morgan fingerprint density at radius 1 is 1.44 bits per heavy atom. The highest BCUT2D eigenvalue weighted by Crippen LogP contribution is 2.33. The van der Waals surface area contributed by atoms with Crippen LogP contribution in [0.5, 0.6) is 0 Å². The summed E-state index contributed by atoms with van der Waals surface area (Å²) in [6.45, 7) is 1.38. The molecular weight excluding hydrogens is 297 g/mol. The van der Waals surface area contributed by atoms with E-state index in [2.05, 4.69) is 0 Å². The minimum Gasteiger partial charge on any atom is -0.397 e. The van der Waals surface area contributed by atoms with Crippen molar-refractivity contribution in [1.29, 1.82) is 0 Å². The number of hydrogen-bond acceptors (Lipinski definition) is 5. The predicted octanol–water partition coefficient (Wildman–Crippen LogP) is 2.25. The van der Waals surface area contributed by atoms with Gasteiger partial charge in [0, 0.05) is 23.3 Å². The number of rotatable bonds is 4. The minimum atomic E-state index is -1.24. The van der Waals surface area contributed by atoms with Crippen molar-refractivity contribution in [3.63, 3.8) is 0 Å². The molecule has 0 heterocycles. The Bertz CT molecular complexity index is 456. The second-order valence-corrected chi connectivity index (χ2v) is 5.75. The van der Waals surface area contributed by atoms with Crippen molar-refractivity contribution in [3.8, 4) is 0 Å². The van der Waals surface area contributed by atoms with E-state index < -0.39 is 12.2 Å². The van der Waals surface area contributed by atoms with Crippen LogP contribution in [0.25, 0.3) is 0 Å². The van der Waals surface area contributed by atoms with Gasteiger partial charge in [0.1, 0.15) is 6.10 Å². The van der Waals surface area contributed by atoms with Crippen molar-refractivity contribution in [3.05, 3.63) is 27.7 Å². The molecule has 4 N–H and O–H groups in total. The van der Waals surface area contributed by atoms with Crippen molar-refractivity contribution >= 4 is 45.8 Å². The standard InChI is InChI=1S/C11H13Cl2NO3S/c1-5(15)18-4-9(16)11(17)7-2-6(12)3-8(13)10(7)14/h2-3,9,11,16-17H,4,14H2,1H3. The normalized spacial score (nSPS) is 14.3. The van der Waals surface area contributed by atoms with Gasteiger partial charge in [-0.05, 0) is 12.1 Å². The Morgan fingerprint density at radius 3 is 2.61 bits per heavy atom. The predicted molar refractivity (Wildman–Crippen MR) is 75.0 cm³/mol. The highest BCUT2D eigenvalue weighted by atomic mass is 35.5. The number of thioether (sulfide) groups is 1. The van der Waals surface area contributed by atoms with Crippen molar-refractivity contribution in [2.45, 2.75) is 19.1 Å². The number of hydrogen-bond donors (Lipinski definition) is 3. The molecule has 2 unspecified atom stereocenters. The second kappa shape index (κ2) is 6.63. The van der Waals surface area contributed by atoms with E-state index in [1.165, 1.54) is 19.1 Å². The van der Waals surface area contributed by atoms with Crippen molar-refractivity contribution in [2.75, 3.05) is 11.5 Å². The van der Waals surface area contributed by atoms with Gasteiger partial charge in [0.25, 0.3) is 0 Å². The third kappa shape index (κ3) is 4.03. The van der Waals surface area contributed by atoms with Crippen molar-refractivity contribution in [1.82, 2.24) is 0 Å². The van der Waals surface area contributed by atoms with Gasteiger partial charge in [0.2, 0.25) is 0 Å². The fourth-order valence-electron chi connectivity index (χ4n) is 1.35. The molecule has 0 aliphatic carbocycles. The second-order valence-electron chi connectivity index (χ2n) is 3.71. The fraction of sp³-hybridized carbons (Fsp3) is 0.364. The molecule has 0 radical (unpaired) electrons. The van der Waals surface area contributed by atoms with Gasteiger partial charge in [-0.3, -0.25) is 4.79 Å². The zero-order valence-corrected chi connectivity index (χ0v) is 11.9. The smallest absolute Gasteiger partial charge is 0.185 e. The van der Waals surface area contributed by atoms with Gasteiger partial charge in [0.05, 0.1) is 16.8 Å². The van der Waals surface area contributed by atoms with Gasteiger partial charge in [-0.1, -0.05) is 35.0 Å². The summed E-state index contributed by atoms with van der Waals surface area (Å²) < 4.78 is 0. The average molecular weight is 310 g/mol. The molecule has 0 aromatic heterocycles. The molecule has 0 aliphatic rings. The summed E-state index contributed by atoms with van der Waals surface area (Å²) in [4.78, 5) is 10.8. The Hall–Kier alpha value is -0.460. The van der Waals surface area contributed by atoms with E-state index in [-0.39, 0.29) is 27.1 Å². The minimum absolute atomic E-state index is 0.0695. The molecule has 0 fully saturated rings. The highest BCUT2D eigenvalue weighted by Gasteiger charge is 2.22. The van der Waals surface area contributed by atoms with Crippen LogP contribution >= 0.6 is 35.0 Å². The molecule has 1 rings (SSSR count). The maximum absolute atomic E-state index is 10.8. The van der Waals surface area contributed by atoms with Crippen LogP contribution in [0.3, 0.4) is 0 Å². The maximum atomic E-state index is 10.8. The lowest BCUT2D eigenvalue weighted by molar-refractivity contribution is -0.109. The molecule has 2 atom stereocenters. The molecule has 0 saturated heterocycles. The topological polar surface area (TPSA) is 83.5 Å². The molecule has 0 bridgehead atoms. The first-order chi connectivity index (χ1) is 8.32. The molecule has 0 saturated carbocycles. The van der Waals surface area contributed by atoms with Gasteiger partial charge in [-0.15, -0.1) is 0 Å². The summed E-state index contributed by atoms with van der Waals surface area (Å²) in [5.74, 6) is 0.0695. The van der Waals surface area contributed by atoms with Gasteiger partial charge in [-0.2, -0.15) is 0 Å². The highest BCUT2D eigenvalue weighted by molar-refractivity contribution is 8.13. The molecule has 18 heavy (non-hydrogen) atoms. The Morgan fingerprint density at radius 2 is 2.06 bits per heavy atom. The molecule has 4 nitrogen and oxygen atoms in total. The summed E-state index contributed by atoms with van der Waals surface area (Å²) in [5.41, 5.74) is 6.13. The van der Waals surface area contributed by atoms with Gasteiger partial charge >= 0.3 is 0 Å². The largest absolute Gasteiger partial charge is 0.397 e. The van der Waals surface area contributed by atoms with E-state index in [0.717, 1.165) is 11.8 Å². The first-order valence-corrected chi connectivity index (χ1v) is 6.81. The summed E-state index contributed by atoms with van der Waals surface area (Å²) in [7, 11) is 0. The van der Waals surface area contributed by atoms with E-state index in [1.54, 1.807) is 0 Å². The first-order valence-electron chi connectivity index (χ1n) is 5.06. The Labute approximate surface area is 119 Å². The van der Waals surface area contributed by atoms with Crippen LogP contribution < -0.4 is 5.73 Å². The number of nitrogen functional groups attached to an aromatic ring is 1. The molecule has 0 aliphatic heterocycles. The van der Waals surface area contributed by atoms with E-state index in [1.807, 2.05) is 0 Å². The molecular formula is C11H13Cl2NO3S. The quantitative estimate of drug-likeness (QED) is 0.743. The van der Waals surface area contributed by atoms with Crippen LogP contribution in [0, 0.1) is 0 Å².